The summed E-state index contributed by atoms with van der Waals surface area (Å²) in [5.74, 6) is -0.511. The van der Waals surface area contributed by atoms with Crippen LogP contribution >= 0.6 is 11.6 Å². The Hall–Kier alpha value is -2.20. The summed E-state index contributed by atoms with van der Waals surface area (Å²) in [4.78, 5) is 18.8. The average Bonchev–Trinajstić information content (AvgIpc) is 2.37. The van der Waals surface area contributed by atoms with Gasteiger partial charge in [-0.15, -0.1) is 0 Å². The van der Waals surface area contributed by atoms with Crippen molar-refractivity contribution in [3.8, 4) is 11.4 Å². The van der Waals surface area contributed by atoms with Gasteiger partial charge in [0.15, 0.2) is 5.82 Å². The molecule has 0 radical (unpaired) electrons. The highest BCUT2D eigenvalue weighted by atomic mass is 35.5. The maximum atomic E-state index is 10.4. The van der Waals surface area contributed by atoms with Crippen LogP contribution in [0.1, 0.15) is 5.69 Å². The van der Waals surface area contributed by atoms with Gasteiger partial charge in [0, 0.05) is 22.9 Å². The maximum absolute atomic E-state index is 10.4. The number of benzene rings is 1. The average molecular weight is 261 g/mol. The van der Waals surface area contributed by atoms with Crippen LogP contribution in [-0.2, 0) is 4.79 Å². The van der Waals surface area contributed by atoms with Gasteiger partial charge in [0.25, 0.3) is 0 Å². The zero-order valence-electron chi connectivity index (χ0n) is 9.25. The van der Waals surface area contributed by atoms with E-state index in [1.165, 1.54) is 6.08 Å². The van der Waals surface area contributed by atoms with Gasteiger partial charge in [-0.3, -0.25) is 0 Å². The van der Waals surface area contributed by atoms with E-state index in [9.17, 15) is 4.79 Å². The fourth-order valence-corrected chi connectivity index (χ4v) is 1.58. The SMILES string of the molecule is O=C(O)/C=C/c1ccnc(-c2cccc(Cl)c2)n1. The molecule has 1 aromatic heterocycles. The van der Waals surface area contributed by atoms with E-state index in [1.807, 2.05) is 6.07 Å². The van der Waals surface area contributed by atoms with E-state index in [2.05, 4.69) is 9.97 Å². The first-order chi connectivity index (χ1) is 8.65. The van der Waals surface area contributed by atoms with Crippen molar-refractivity contribution in [3.05, 3.63) is 53.3 Å². The van der Waals surface area contributed by atoms with Gasteiger partial charge in [-0.05, 0) is 24.3 Å². The van der Waals surface area contributed by atoms with Crippen LogP contribution in [0.2, 0.25) is 5.02 Å². The van der Waals surface area contributed by atoms with Crippen molar-refractivity contribution in [2.75, 3.05) is 0 Å². The Morgan fingerprint density at radius 2 is 2.17 bits per heavy atom. The van der Waals surface area contributed by atoms with Gasteiger partial charge in [-0.25, -0.2) is 14.8 Å². The molecular formula is C13H9ClN2O2. The van der Waals surface area contributed by atoms with Crippen molar-refractivity contribution in [3.63, 3.8) is 0 Å². The highest BCUT2D eigenvalue weighted by Crippen LogP contribution is 2.19. The Bertz CT molecular complexity index is 611. The maximum Gasteiger partial charge on any atom is 0.328 e. The Morgan fingerprint density at radius 1 is 1.33 bits per heavy atom. The molecule has 0 aliphatic carbocycles. The molecule has 90 valence electrons. The molecule has 1 aromatic carbocycles. The third-order valence-corrected chi connectivity index (χ3v) is 2.39. The second-order valence-corrected chi connectivity index (χ2v) is 3.92. The van der Waals surface area contributed by atoms with E-state index in [0.717, 1.165) is 11.6 Å². The molecule has 0 amide bonds. The van der Waals surface area contributed by atoms with Crippen molar-refractivity contribution in [1.82, 2.24) is 9.97 Å². The van der Waals surface area contributed by atoms with E-state index in [4.69, 9.17) is 16.7 Å². The summed E-state index contributed by atoms with van der Waals surface area (Å²) in [7, 11) is 0. The predicted molar refractivity (Wildman–Crippen MR) is 69.1 cm³/mol. The number of carbonyl (C=O) groups is 1. The molecule has 0 saturated carbocycles. The fraction of sp³-hybridized carbons (Fsp3) is 0. The van der Waals surface area contributed by atoms with Gasteiger partial charge in [0.05, 0.1) is 5.69 Å². The van der Waals surface area contributed by atoms with Crippen LogP contribution in [0.3, 0.4) is 0 Å². The molecule has 0 fully saturated rings. The third-order valence-electron chi connectivity index (χ3n) is 2.16. The second-order valence-electron chi connectivity index (χ2n) is 3.49. The zero-order valence-corrected chi connectivity index (χ0v) is 10.0. The molecular weight excluding hydrogens is 252 g/mol. The number of hydrogen-bond acceptors (Lipinski definition) is 3. The molecule has 0 saturated heterocycles. The van der Waals surface area contributed by atoms with Crippen molar-refractivity contribution in [1.29, 1.82) is 0 Å². The fourth-order valence-electron chi connectivity index (χ4n) is 1.39. The van der Waals surface area contributed by atoms with Crippen LogP contribution < -0.4 is 0 Å². The van der Waals surface area contributed by atoms with Gasteiger partial charge in [-0.1, -0.05) is 23.7 Å². The standard InChI is InChI=1S/C13H9ClN2O2/c14-10-3-1-2-9(8-10)13-15-7-6-11(16-13)4-5-12(17)18/h1-8H,(H,17,18)/b5-4+. The number of hydrogen-bond donors (Lipinski definition) is 1. The molecule has 0 bridgehead atoms. The van der Waals surface area contributed by atoms with Crippen molar-refractivity contribution in [2.45, 2.75) is 0 Å². The van der Waals surface area contributed by atoms with Gasteiger partial charge >= 0.3 is 5.97 Å². The van der Waals surface area contributed by atoms with Crippen LogP contribution in [0, 0.1) is 0 Å². The van der Waals surface area contributed by atoms with Gasteiger partial charge in [-0.2, -0.15) is 0 Å². The smallest absolute Gasteiger partial charge is 0.328 e. The van der Waals surface area contributed by atoms with E-state index in [-0.39, 0.29) is 0 Å². The minimum atomic E-state index is -1.02. The summed E-state index contributed by atoms with van der Waals surface area (Å²) in [6.45, 7) is 0. The molecule has 1 N–H and O–H groups in total. The van der Waals surface area contributed by atoms with Gasteiger partial charge < -0.3 is 5.11 Å². The molecule has 18 heavy (non-hydrogen) atoms. The number of aromatic nitrogens is 2. The minimum Gasteiger partial charge on any atom is -0.478 e. The molecule has 0 spiro atoms. The number of rotatable bonds is 3. The van der Waals surface area contributed by atoms with Crippen LogP contribution in [0.4, 0.5) is 0 Å². The molecule has 0 aliphatic heterocycles. The summed E-state index contributed by atoms with van der Waals surface area (Å²) in [5.41, 5.74) is 1.32. The van der Waals surface area contributed by atoms with Gasteiger partial charge in [0.1, 0.15) is 0 Å². The largest absolute Gasteiger partial charge is 0.478 e. The molecule has 2 aromatic rings. The molecule has 5 heteroatoms. The lowest BCUT2D eigenvalue weighted by atomic mass is 10.2. The lowest BCUT2D eigenvalue weighted by molar-refractivity contribution is -0.131. The molecule has 0 atom stereocenters. The predicted octanol–water partition coefficient (Wildman–Crippen LogP) is 2.89. The van der Waals surface area contributed by atoms with E-state index >= 15 is 0 Å². The Labute approximate surface area is 109 Å². The lowest BCUT2D eigenvalue weighted by Crippen LogP contribution is -1.92. The normalized spacial score (nSPS) is 10.7. The van der Waals surface area contributed by atoms with Crippen molar-refractivity contribution in [2.24, 2.45) is 0 Å². The number of halogens is 1. The Morgan fingerprint density at radius 3 is 2.89 bits per heavy atom. The topological polar surface area (TPSA) is 63.1 Å². The van der Waals surface area contributed by atoms with E-state index < -0.39 is 5.97 Å². The molecule has 1 heterocycles. The summed E-state index contributed by atoms with van der Waals surface area (Å²) >= 11 is 5.89. The van der Waals surface area contributed by atoms with Crippen LogP contribution in [-0.4, -0.2) is 21.0 Å². The summed E-state index contributed by atoms with van der Waals surface area (Å²) in [5, 5.41) is 9.15. The molecule has 4 nitrogen and oxygen atoms in total. The Kier molecular flexibility index (Phi) is 3.69. The van der Waals surface area contributed by atoms with E-state index in [1.54, 1.807) is 30.5 Å². The Balaban J connectivity index is 2.35. The lowest BCUT2D eigenvalue weighted by Gasteiger charge is -2.01. The summed E-state index contributed by atoms with van der Waals surface area (Å²) < 4.78 is 0. The monoisotopic (exact) mass is 260 g/mol. The number of nitrogens with zero attached hydrogens (tertiary/aromatic N) is 2. The zero-order chi connectivity index (χ0) is 13.0. The quantitative estimate of drug-likeness (QED) is 0.862. The minimum absolute atomic E-state index is 0.505. The highest BCUT2D eigenvalue weighted by Gasteiger charge is 2.02. The second kappa shape index (κ2) is 5.42. The van der Waals surface area contributed by atoms with Gasteiger partial charge in [0.2, 0.25) is 0 Å². The number of carboxylic acid groups (broad SMARTS) is 1. The van der Waals surface area contributed by atoms with Crippen molar-refractivity contribution >= 4 is 23.6 Å². The number of aliphatic carboxylic acids is 1. The first-order valence-corrected chi connectivity index (χ1v) is 5.53. The first kappa shape index (κ1) is 12.3. The summed E-state index contributed by atoms with van der Waals surface area (Å²) in [6, 6.07) is 8.79. The number of carboxylic acids is 1. The van der Waals surface area contributed by atoms with Crippen molar-refractivity contribution < 1.29 is 9.90 Å². The van der Waals surface area contributed by atoms with Crippen LogP contribution in [0.5, 0.6) is 0 Å². The molecule has 2 rings (SSSR count). The van der Waals surface area contributed by atoms with Crippen LogP contribution in [0.25, 0.3) is 17.5 Å². The van der Waals surface area contributed by atoms with Crippen LogP contribution in [0.15, 0.2) is 42.6 Å². The molecule has 0 aliphatic rings. The molecule has 0 unspecified atom stereocenters. The van der Waals surface area contributed by atoms with E-state index in [0.29, 0.717) is 16.5 Å². The highest BCUT2D eigenvalue weighted by molar-refractivity contribution is 6.30. The third kappa shape index (κ3) is 3.15. The first-order valence-electron chi connectivity index (χ1n) is 5.15. The summed E-state index contributed by atoms with van der Waals surface area (Å²) in [6.07, 6.45) is 4.02.